The molecule has 0 radical (unpaired) electrons. The molecule has 6 heteroatoms. The Kier molecular flexibility index (Phi) is 5.28. The van der Waals surface area contributed by atoms with Crippen LogP contribution in [0.3, 0.4) is 0 Å². The smallest absolute Gasteiger partial charge is 0.256 e. The molecule has 2 nitrogen and oxygen atoms in total. The Morgan fingerprint density at radius 1 is 1.11 bits per heavy atom. The summed E-state index contributed by atoms with van der Waals surface area (Å²) in [6.45, 7) is 0. The molecule has 0 aliphatic heterocycles. The Hall–Kier alpha value is -0.110. The summed E-state index contributed by atoms with van der Waals surface area (Å²) in [4.78, 5) is 12.2. The number of anilines is 1. The van der Waals surface area contributed by atoms with Crippen molar-refractivity contribution in [3.8, 4) is 0 Å². The van der Waals surface area contributed by atoms with Crippen LogP contribution in [0.1, 0.15) is 10.4 Å². The molecule has 0 saturated heterocycles. The molecular weight excluding hydrogens is 508 g/mol. The van der Waals surface area contributed by atoms with Crippen LogP contribution < -0.4 is 5.32 Å². The molecule has 2 aromatic rings. The highest BCUT2D eigenvalue weighted by Gasteiger charge is 2.12. The summed E-state index contributed by atoms with van der Waals surface area (Å²) in [6.07, 6.45) is 0. The van der Waals surface area contributed by atoms with E-state index in [-0.39, 0.29) is 5.91 Å². The summed E-state index contributed by atoms with van der Waals surface area (Å²) in [6, 6.07) is 10.9. The maximum atomic E-state index is 12.2. The van der Waals surface area contributed by atoms with Gasteiger partial charge in [-0.2, -0.15) is 0 Å². The normalized spacial score (nSPS) is 10.3. The van der Waals surface area contributed by atoms with Gasteiger partial charge in [-0.3, -0.25) is 4.79 Å². The average molecular weight is 515 g/mol. The Balaban J connectivity index is 2.30. The van der Waals surface area contributed by atoms with Crippen LogP contribution >= 0.6 is 66.1 Å². The van der Waals surface area contributed by atoms with E-state index in [1.54, 1.807) is 18.2 Å². The zero-order chi connectivity index (χ0) is 14.0. The van der Waals surface area contributed by atoms with E-state index in [0.29, 0.717) is 16.3 Å². The predicted octanol–water partition coefficient (Wildman–Crippen LogP) is 5.72. The lowest BCUT2D eigenvalue weighted by Crippen LogP contribution is -2.13. The van der Waals surface area contributed by atoms with Gasteiger partial charge in [0.05, 0.1) is 16.3 Å². The lowest BCUT2D eigenvalue weighted by molar-refractivity contribution is 0.102. The van der Waals surface area contributed by atoms with Crippen LogP contribution in [0.5, 0.6) is 0 Å². The first-order valence-corrected chi connectivity index (χ1v) is 8.23. The molecular formula is C13H7Br2ClINO. The van der Waals surface area contributed by atoms with Crippen molar-refractivity contribution in [1.29, 1.82) is 0 Å². The molecule has 0 spiro atoms. The maximum absolute atomic E-state index is 12.2. The van der Waals surface area contributed by atoms with Gasteiger partial charge in [-0.05, 0) is 59.0 Å². The fourth-order valence-corrected chi connectivity index (χ4v) is 2.92. The van der Waals surface area contributed by atoms with E-state index in [1.807, 2.05) is 18.2 Å². The molecule has 0 heterocycles. The zero-order valence-corrected chi connectivity index (χ0v) is 15.5. The summed E-state index contributed by atoms with van der Waals surface area (Å²) in [5.74, 6) is -0.189. The number of amides is 1. The summed E-state index contributed by atoms with van der Waals surface area (Å²) < 4.78 is 2.60. The van der Waals surface area contributed by atoms with Crippen LogP contribution in [0.4, 0.5) is 5.69 Å². The third-order valence-corrected chi connectivity index (χ3v) is 4.61. The lowest BCUT2D eigenvalue weighted by Gasteiger charge is -2.09. The summed E-state index contributed by atoms with van der Waals surface area (Å²) >= 11 is 14.9. The van der Waals surface area contributed by atoms with Gasteiger partial charge in [0.25, 0.3) is 5.91 Å². The van der Waals surface area contributed by atoms with E-state index < -0.39 is 0 Å². The first-order chi connectivity index (χ1) is 8.97. The first kappa shape index (κ1) is 15.3. The number of nitrogens with one attached hydrogen (secondary N) is 1. The Bertz CT molecular complexity index is 649. The second-order valence-corrected chi connectivity index (χ2v) is 7.10. The van der Waals surface area contributed by atoms with Gasteiger partial charge in [0, 0.05) is 12.5 Å². The summed E-state index contributed by atoms with van der Waals surface area (Å²) in [5, 5.41) is 3.31. The molecule has 0 aliphatic rings. The minimum absolute atomic E-state index is 0.189. The Morgan fingerprint density at radius 2 is 1.74 bits per heavy atom. The minimum Gasteiger partial charge on any atom is -0.321 e. The van der Waals surface area contributed by atoms with Crippen LogP contribution in [0.15, 0.2) is 45.3 Å². The van der Waals surface area contributed by atoms with Gasteiger partial charge in [0.2, 0.25) is 0 Å². The van der Waals surface area contributed by atoms with Crippen molar-refractivity contribution in [3.05, 3.63) is 59.5 Å². The van der Waals surface area contributed by atoms with E-state index in [4.69, 9.17) is 11.6 Å². The zero-order valence-electron chi connectivity index (χ0n) is 9.38. The van der Waals surface area contributed by atoms with E-state index >= 15 is 0 Å². The second-order valence-electron chi connectivity index (χ2n) is 3.70. The van der Waals surface area contributed by atoms with Crippen molar-refractivity contribution in [2.45, 2.75) is 0 Å². The van der Waals surface area contributed by atoms with Gasteiger partial charge in [0.15, 0.2) is 0 Å². The molecule has 0 fully saturated rings. The van der Waals surface area contributed by atoms with E-state index in [2.05, 4.69) is 59.8 Å². The average Bonchev–Trinajstić information content (AvgIpc) is 2.36. The van der Waals surface area contributed by atoms with Gasteiger partial charge in [-0.1, -0.05) is 43.5 Å². The topological polar surface area (TPSA) is 29.1 Å². The van der Waals surface area contributed by atoms with Gasteiger partial charge >= 0.3 is 0 Å². The number of halogens is 4. The van der Waals surface area contributed by atoms with Gasteiger partial charge in [-0.25, -0.2) is 0 Å². The number of benzene rings is 2. The highest BCUT2D eigenvalue weighted by atomic mass is 127. The van der Waals surface area contributed by atoms with Crippen LogP contribution in [-0.4, -0.2) is 5.91 Å². The maximum Gasteiger partial charge on any atom is 0.256 e. The van der Waals surface area contributed by atoms with Crippen LogP contribution in [-0.2, 0) is 0 Å². The van der Waals surface area contributed by atoms with Crippen LogP contribution in [0, 0.1) is 3.57 Å². The monoisotopic (exact) mass is 513 g/mol. The van der Waals surface area contributed by atoms with Crippen molar-refractivity contribution in [1.82, 2.24) is 0 Å². The molecule has 2 rings (SSSR count). The van der Waals surface area contributed by atoms with Crippen LogP contribution in [0.2, 0.25) is 5.02 Å². The highest BCUT2D eigenvalue weighted by Crippen LogP contribution is 2.27. The molecule has 0 aromatic heterocycles. The SMILES string of the molecule is O=C(Nc1cc(Br)ccc1Cl)c1cc(Br)ccc1I. The largest absolute Gasteiger partial charge is 0.321 e. The molecule has 0 aliphatic carbocycles. The number of carbonyl (C=O) groups excluding carboxylic acids is 1. The molecule has 1 N–H and O–H groups in total. The van der Waals surface area contributed by atoms with Gasteiger partial charge in [0.1, 0.15) is 0 Å². The fourth-order valence-electron chi connectivity index (χ4n) is 1.45. The molecule has 98 valence electrons. The fraction of sp³-hybridized carbons (Fsp3) is 0. The predicted molar refractivity (Wildman–Crippen MR) is 94.0 cm³/mol. The summed E-state index contributed by atoms with van der Waals surface area (Å²) in [5.41, 5.74) is 1.18. The molecule has 0 bridgehead atoms. The van der Waals surface area contributed by atoms with Crippen molar-refractivity contribution in [3.63, 3.8) is 0 Å². The van der Waals surface area contributed by atoms with Gasteiger partial charge in [-0.15, -0.1) is 0 Å². The lowest BCUT2D eigenvalue weighted by atomic mass is 10.2. The molecule has 0 saturated carbocycles. The quantitative estimate of drug-likeness (QED) is 0.510. The van der Waals surface area contributed by atoms with Crippen molar-refractivity contribution >= 4 is 77.6 Å². The van der Waals surface area contributed by atoms with Crippen molar-refractivity contribution < 1.29 is 4.79 Å². The van der Waals surface area contributed by atoms with Gasteiger partial charge < -0.3 is 5.32 Å². The number of rotatable bonds is 2. The van der Waals surface area contributed by atoms with E-state index in [0.717, 1.165) is 12.5 Å². The summed E-state index contributed by atoms with van der Waals surface area (Å²) in [7, 11) is 0. The molecule has 1 amide bonds. The highest BCUT2D eigenvalue weighted by molar-refractivity contribution is 14.1. The number of carbonyl (C=O) groups is 1. The standard InChI is InChI=1S/C13H7Br2ClINO/c14-7-2-4-11(17)9(5-7)13(19)18-12-6-8(15)1-3-10(12)16/h1-6H,(H,18,19). The van der Waals surface area contributed by atoms with Crippen molar-refractivity contribution in [2.75, 3.05) is 5.32 Å². The molecule has 19 heavy (non-hydrogen) atoms. The van der Waals surface area contributed by atoms with Crippen molar-refractivity contribution in [2.24, 2.45) is 0 Å². The minimum atomic E-state index is -0.189. The Morgan fingerprint density at radius 3 is 2.47 bits per heavy atom. The molecule has 0 atom stereocenters. The van der Waals surface area contributed by atoms with E-state index in [1.165, 1.54) is 0 Å². The van der Waals surface area contributed by atoms with Crippen LogP contribution in [0.25, 0.3) is 0 Å². The van der Waals surface area contributed by atoms with E-state index in [9.17, 15) is 4.79 Å². The molecule has 2 aromatic carbocycles. The first-order valence-electron chi connectivity index (χ1n) is 5.19. The molecule has 0 unspecified atom stereocenters. The third kappa shape index (κ3) is 3.93. The number of hydrogen-bond donors (Lipinski definition) is 1. The number of hydrogen-bond acceptors (Lipinski definition) is 1. The third-order valence-electron chi connectivity index (χ3n) is 2.35. The second kappa shape index (κ2) is 6.56. The Labute approximate surface area is 146 Å².